The molecule has 1 aliphatic rings. The second-order valence-electron chi connectivity index (χ2n) is 6.12. The lowest BCUT2D eigenvalue weighted by Crippen LogP contribution is -2.44. The van der Waals surface area contributed by atoms with E-state index in [-0.39, 0.29) is 6.03 Å². The number of hydrogen-bond donors (Lipinski definition) is 1. The maximum Gasteiger partial charge on any atom is 0.317 e. The number of ether oxygens (including phenoxy) is 1. The van der Waals surface area contributed by atoms with E-state index in [1.54, 1.807) is 6.26 Å². The van der Waals surface area contributed by atoms with Gasteiger partial charge in [0.25, 0.3) is 0 Å². The Bertz CT molecular complexity index is 605. The van der Waals surface area contributed by atoms with Crippen molar-refractivity contribution < 1.29 is 13.9 Å². The number of benzene rings is 1. The molecule has 1 aromatic heterocycles. The molecule has 0 atom stereocenters. The molecule has 1 aromatic carbocycles. The molecular weight excluding hydrogens is 304 g/mol. The van der Waals surface area contributed by atoms with Crippen LogP contribution in [0.4, 0.5) is 4.79 Å². The van der Waals surface area contributed by atoms with Gasteiger partial charge in [0, 0.05) is 13.1 Å². The summed E-state index contributed by atoms with van der Waals surface area (Å²) in [6.07, 6.45) is 4.72. The summed E-state index contributed by atoms with van der Waals surface area (Å²) in [7, 11) is 0. The van der Waals surface area contributed by atoms with Gasteiger partial charge in [0.1, 0.15) is 11.5 Å². The number of hydrogen-bond acceptors (Lipinski definition) is 3. The average Bonchev–Trinajstić information content (AvgIpc) is 3.15. The molecule has 5 heteroatoms. The molecule has 2 aromatic rings. The number of piperidine rings is 1. The smallest absolute Gasteiger partial charge is 0.317 e. The number of urea groups is 1. The van der Waals surface area contributed by atoms with Gasteiger partial charge in [0.05, 0.1) is 19.4 Å². The molecule has 0 aliphatic carbocycles. The molecule has 5 nitrogen and oxygen atoms in total. The van der Waals surface area contributed by atoms with E-state index in [0.717, 1.165) is 50.5 Å². The van der Waals surface area contributed by atoms with Crippen molar-refractivity contribution >= 4 is 6.03 Å². The number of carbonyl (C=O) groups excluding carboxylic acids is 1. The first-order valence-electron chi connectivity index (χ1n) is 8.54. The summed E-state index contributed by atoms with van der Waals surface area (Å²) >= 11 is 0. The fourth-order valence-corrected chi connectivity index (χ4v) is 2.97. The third kappa shape index (κ3) is 4.78. The quantitative estimate of drug-likeness (QED) is 0.880. The van der Waals surface area contributed by atoms with Crippen LogP contribution >= 0.6 is 0 Å². The summed E-state index contributed by atoms with van der Waals surface area (Å²) < 4.78 is 11.0. The number of nitrogens with zero attached hydrogens (tertiary/aromatic N) is 1. The van der Waals surface area contributed by atoms with E-state index >= 15 is 0 Å². The van der Waals surface area contributed by atoms with Gasteiger partial charge in [-0.3, -0.25) is 0 Å². The molecule has 1 saturated heterocycles. The predicted octanol–water partition coefficient (Wildman–Crippen LogP) is 3.67. The van der Waals surface area contributed by atoms with Crippen LogP contribution in [0.25, 0.3) is 0 Å². The van der Waals surface area contributed by atoms with Crippen LogP contribution in [-0.2, 0) is 6.54 Å². The Kier molecular flexibility index (Phi) is 5.77. The van der Waals surface area contributed by atoms with E-state index < -0.39 is 0 Å². The lowest BCUT2D eigenvalue weighted by Gasteiger charge is -2.32. The van der Waals surface area contributed by atoms with Crippen LogP contribution in [-0.4, -0.2) is 30.6 Å². The first-order chi connectivity index (χ1) is 11.8. The van der Waals surface area contributed by atoms with Gasteiger partial charge in [0.2, 0.25) is 0 Å². The number of amides is 2. The summed E-state index contributed by atoms with van der Waals surface area (Å²) in [4.78, 5) is 14.0. The minimum atomic E-state index is -0.00890. The monoisotopic (exact) mass is 328 g/mol. The second kappa shape index (κ2) is 8.43. The Labute approximate surface area is 142 Å². The topological polar surface area (TPSA) is 54.7 Å². The lowest BCUT2D eigenvalue weighted by atomic mass is 9.94. The summed E-state index contributed by atoms with van der Waals surface area (Å²) in [5, 5.41) is 2.90. The molecule has 1 fully saturated rings. The molecule has 3 rings (SSSR count). The molecule has 24 heavy (non-hydrogen) atoms. The van der Waals surface area contributed by atoms with Gasteiger partial charge in [-0.2, -0.15) is 0 Å². The Hall–Kier alpha value is -2.43. The predicted molar refractivity (Wildman–Crippen MR) is 91.8 cm³/mol. The van der Waals surface area contributed by atoms with Gasteiger partial charge in [-0.05, 0) is 49.4 Å². The van der Waals surface area contributed by atoms with Crippen molar-refractivity contribution in [3.63, 3.8) is 0 Å². The SMILES string of the molecule is O=C(NCc1ccco1)N1CCC(CCOc2ccccc2)CC1. The number of likely N-dealkylation sites (tertiary alicyclic amines) is 1. The summed E-state index contributed by atoms with van der Waals surface area (Å²) in [5.41, 5.74) is 0. The normalized spacial score (nSPS) is 15.2. The molecule has 1 N–H and O–H groups in total. The molecule has 128 valence electrons. The second-order valence-corrected chi connectivity index (χ2v) is 6.12. The Morgan fingerprint density at radius 1 is 1.17 bits per heavy atom. The van der Waals surface area contributed by atoms with Gasteiger partial charge in [-0.25, -0.2) is 4.79 Å². The van der Waals surface area contributed by atoms with Crippen LogP contribution in [0.3, 0.4) is 0 Å². The van der Waals surface area contributed by atoms with E-state index in [2.05, 4.69) is 5.32 Å². The van der Waals surface area contributed by atoms with Crippen LogP contribution in [0.2, 0.25) is 0 Å². The highest BCUT2D eigenvalue weighted by Gasteiger charge is 2.22. The fourth-order valence-electron chi connectivity index (χ4n) is 2.97. The molecule has 0 bridgehead atoms. The fraction of sp³-hybridized carbons (Fsp3) is 0.421. The van der Waals surface area contributed by atoms with E-state index in [1.165, 1.54) is 0 Å². The van der Waals surface area contributed by atoms with Gasteiger partial charge >= 0.3 is 6.03 Å². The number of carbonyl (C=O) groups is 1. The van der Waals surface area contributed by atoms with Crippen molar-refractivity contribution in [1.82, 2.24) is 10.2 Å². The highest BCUT2D eigenvalue weighted by Crippen LogP contribution is 2.21. The number of nitrogens with one attached hydrogen (secondary N) is 1. The van der Waals surface area contributed by atoms with Crippen LogP contribution in [0.5, 0.6) is 5.75 Å². The standard InChI is InChI=1S/C19H24N2O3/c22-19(20-15-18-7-4-13-23-18)21-11-8-16(9-12-21)10-14-24-17-5-2-1-3-6-17/h1-7,13,16H,8-12,14-15H2,(H,20,22). The Morgan fingerprint density at radius 3 is 2.67 bits per heavy atom. The molecule has 0 spiro atoms. The third-order valence-electron chi connectivity index (χ3n) is 4.43. The molecule has 1 aliphatic heterocycles. The van der Waals surface area contributed by atoms with Crippen molar-refractivity contribution in [2.45, 2.75) is 25.8 Å². The van der Waals surface area contributed by atoms with Crippen molar-refractivity contribution in [3.8, 4) is 5.75 Å². The van der Waals surface area contributed by atoms with Crippen LogP contribution in [0, 0.1) is 5.92 Å². The van der Waals surface area contributed by atoms with E-state index in [1.807, 2.05) is 47.4 Å². The van der Waals surface area contributed by atoms with Gasteiger partial charge in [0.15, 0.2) is 0 Å². The summed E-state index contributed by atoms with van der Waals surface area (Å²) in [6, 6.07) is 13.6. The van der Waals surface area contributed by atoms with Gasteiger partial charge in [-0.1, -0.05) is 18.2 Å². The van der Waals surface area contributed by atoms with Crippen LogP contribution in [0.15, 0.2) is 53.1 Å². The van der Waals surface area contributed by atoms with Crippen LogP contribution < -0.4 is 10.1 Å². The Morgan fingerprint density at radius 2 is 1.96 bits per heavy atom. The first kappa shape index (κ1) is 16.4. The van der Waals surface area contributed by atoms with Crippen molar-refractivity contribution in [1.29, 1.82) is 0 Å². The van der Waals surface area contributed by atoms with E-state index in [0.29, 0.717) is 12.5 Å². The van der Waals surface area contributed by atoms with E-state index in [4.69, 9.17) is 9.15 Å². The number of para-hydroxylation sites is 1. The number of furan rings is 1. The van der Waals surface area contributed by atoms with E-state index in [9.17, 15) is 4.79 Å². The van der Waals surface area contributed by atoms with Crippen LogP contribution in [0.1, 0.15) is 25.0 Å². The zero-order valence-corrected chi connectivity index (χ0v) is 13.8. The molecule has 2 amide bonds. The highest BCUT2D eigenvalue weighted by atomic mass is 16.5. The maximum atomic E-state index is 12.1. The van der Waals surface area contributed by atoms with Gasteiger partial charge < -0.3 is 19.4 Å². The Balaban J connectivity index is 1.32. The minimum absolute atomic E-state index is 0.00890. The third-order valence-corrected chi connectivity index (χ3v) is 4.43. The van der Waals surface area contributed by atoms with Gasteiger partial charge in [-0.15, -0.1) is 0 Å². The molecule has 0 radical (unpaired) electrons. The zero-order chi connectivity index (χ0) is 16.6. The zero-order valence-electron chi connectivity index (χ0n) is 13.8. The number of rotatable bonds is 6. The molecule has 2 heterocycles. The summed E-state index contributed by atoms with van der Waals surface area (Å²) in [5.74, 6) is 2.33. The molecule has 0 unspecified atom stereocenters. The average molecular weight is 328 g/mol. The maximum absolute atomic E-state index is 12.1. The van der Waals surface area contributed by atoms with Crippen molar-refractivity contribution in [3.05, 3.63) is 54.5 Å². The molecule has 0 saturated carbocycles. The minimum Gasteiger partial charge on any atom is -0.494 e. The molecular formula is C19H24N2O3. The van der Waals surface area contributed by atoms with Crippen molar-refractivity contribution in [2.75, 3.05) is 19.7 Å². The lowest BCUT2D eigenvalue weighted by molar-refractivity contribution is 0.159. The van der Waals surface area contributed by atoms with Crippen molar-refractivity contribution in [2.24, 2.45) is 5.92 Å². The first-order valence-corrected chi connectivity index (χ1v) is 8.54. The largest absolute Gasteiger partial charge is 0.494 e. The highest BCUT2D eigenvalue weighted by molar-refractivity contribution is 5.74. The summed E-state index contributed by atoms with van der Waals surface area (Å²) in [6.45, 7) is 2.79.